The molecule has 3 atom stereocenters. The zero-order valence-electron chi connectivity index (χ0n) is 13.9. The second-order valence-corrected chi connectivity index (χ2v) is 6.56. The zero-order valence-corrected chi connectivity index (χ0v) is 13.9. The quantitative estimate of drug-likeness (QED) is 0.620. The third kappa shape index (κ3) is 3.27. The number of carbonyl (C=O) groups excluding carboxylic acids is 1. The monoisotopic (exact) mass is 334 g/mol. The minimum Gasteiger partial charge on any atom is -0.446 e. The molecule has 0 aromatic carbocycles. The van der Waals surface area contributed by atoms with E-state index in [2.05, 4.69) is 9.88 Å². The first-order chi connectivity index (χ1) is 11.5. The van der Waals surface area contributed by atoms with Crippen molar-refractivity contribution in [3.8, 4) is 0 Å². The van der Waals surface area contributed by atoms with Crippen LogP contribution in [0.2, 0.25) is 0 Å². The molecule has 3 unspecified atom stereocenters. The number of aromatic nitrogens is 1. The molecule has 1 amide bonds. The van der Waals surface area contributed by atoms with Crippen LogP contribution in [0.5, 0.6) is 0 Å². The lowest BCUT2D eigenvalue weighted by Gasteiger charge is -2.23. The molecule has 0 saturated carbocycles. The molecule has 0 aliphatic carbocycles. The molecule has 3 rings (SSSR count). The van der Waals surface area contributed by atoms with Crippen molar-refractivity contribution in [2.45, 2.75) is 26.4 Å². The van der Waals surface area contributed by atoms with Crippen molar-refractivity contribution in [1.29, 1.82) is 0 Å². The molecule has 1 aromatic rings. The van der Waals surface area contributed by atoms with Gasteiger partial charge < -0.3 is 24.7 Å². The van der Waals surface area contributed by atoms with Gasteiger partial charge >= 0.3 is 11.9 Å². The Hall–Kier alpha value is -2.38. The molecule has 130 valence electrons. The molecular formula is C16H22N4O4. The Morgan fingerprint density at radius 1 is 1.38 bits per heavy atom. The highest BCUT2D eigenvalue weighted by Gasteiger charge is 2.42. The Labute approximate surface area is 140 Å². The maximum atomic E-state index is 12.1. The summed E-state index contributed by atoms with van der Waals surface area (Å²) in [5.41, 5.74) is 0.892. The molecule has 8 heteroatoms. The average molecular weight is 334 g/mol. The summed E-state index contributed by atoms with van der Waals surface area (Å²) in [5, 5.41) is 10.7. The average Bonchev–Trinajstić information content (AvgIpc) is 3.13. The van der Waals surface area contributed by atoms with Gasteiger partial charge in [0.2, 0.25) is 0 Å². The van der Waals surface area contributed by atoms with Gasteiger partial charge in [0.05, 0.1) is 5.69 Å². The van der Waals surface area contributed by atoms with E-state index in [1.807, 2.05) is 13.8 Å². The number of amides is 1. The van der Waals surface area contributed by atoms with E-state index in [1.165, 1.54) is 6.07 Å². The lowest BCUT2D eigenvalue weighted by Crippen LogP contribution is -2.35. The van der Waals surface area contributed by atoms with Gasteiger partial charge in [-0.05, 0) is 29.3 Å². The molecule has 0 spiro atoms. The fourth-order valence-electron chi connectivity index (χ4n) is 3.36. The van der Waals surface area contributed by atoms with Crippen molar-refractivity contribution >= 4 is 17.6 Å². The van der Waals surface area contributed by atoms with Crippen molar-refractivity contribution in [3.63, 3.8) is 0 Å². The first-order valence-corrected chi connectivity index (χ1v) is 8.29. The van der Waals surface area contributed by atoms with Crippen LogP contribution in [0.25, 0.3) is 0 Å². The number of anilines is 1. The van der Waals surface area contributed by atoms with E-state index in [0.29, 0.717) is 24.9 Å². The van der Waals surface area contributed by atoms with Crippen LogP contribution in [0.4, 0.5) is 16.3 Å². The molecule has 0 radical (unpaired) electrons. The largest absolute Gasteiger partial charge is 0.446 e. The number of ether oxygens (including phenoxy) is 1. The van der Waals surface area contributed by atoms with Gasteiger partial charge in [0, 0.05) is 44.1 Å². The van der Waals surface area contributed by atoms with E-state index >= 15 is 0 Å². The number of hydrogen-bond acceptors (Lipinski definition) is 6. The van der Waals surface area contributed by atoms with Crippen molar-refractivity contribution in [3.05, 3.63) is 28.4 Å². The van der Waals surface area contributed by atoms with Crippen LogP contribution in [0.1, 0.15) is 20.3 Å². The summed E-state index contributed by atoms with van der Waals surface area (Å²) in [4.78, 5) is 30.1. The van der Waals surface area contributed by atoms with Gasteiger partial charge in [-0.15, -0.1) is 0 Å². The first kappa shape index (κ1) is 16.5. The Balaban J connectivity index is 1.57. The fourth-order valence-corrected chi connectivity index (χ4v) is 3.36. The maximum absolute atomic E-state index is 12.1. The second-order valence-electron chi connectivity index (χ2n) is 6.56. The van der Waals surface area contributed by atoms with Gasteiger partial charge in [-0.3, -0.25) is 0 Å². The van der Waals surface area contributed by atoms with Gasteiger partial charge in [0.15, 0.2) is 6.20 Å². The fraction of sp³-hybridized carbons (Fsp3) is 0.625. The summed E-state index contributed by atoms with van der Waals surface area (Å²) in [5.74, 6) is 0.673. The molecule has 0 bridgehead atoms. The highest BCUT2D eigenvalue weighted by molar-refractivity contribution is 5.68. The third-order valence-corrected chi connectivity index (χ3v) is 4.91. The van der Waals surface area contributed by atoms with E-state index < -0.39 is 4.92 Å². The molecule has 2 saturated heterocycles. The molecule has 2 aliphatic heterocycles. The Bertz CT molecular complexity index is 607. The zero-order chi connectivity index (χ0) is 17.3. The number of hydrogen-bond donors (Lipinski definition) is 0. The smallest absolute Gasteiger partial charge is 0.410 e. The summed E-state index contributed by atoms with van der Waals surface area (Å²) < 4.78 is 5.40. The molecule has 2 aliphatic rings. The molecule has 24 heavy (non-hydrogen) atoms. The van der Waals surface area contributed by atoms with Crippen molar-refractivity contribution in [1.82, 2.24) is 9.88 Å². The van der Waals surface area contributed by atoms with E-state index in [9.17, 15) is 14.9 Å². The molecule has 0 N–H and O–H groups in total. The summed E-state index contributed by atoms with van der Waals surface area (Å²) in [7, 11) is 0. The van der Waals surface area contributed by atoms with E-state index in [0.717, 1.165) is 25.2 Å². The Kier molecular flexibility index (Phi) is 4.55. The number of rotatable bonds is 4. The molecule has 8 nitrogen and oxygen atoms in total. The third-order valence-electron chi connectivity index (χ3n) is 4.91. The number of carbonyl (C=O) groups is 1. The van der Waals surface area contributed by atoms with Gasteiger partial charge in [0.1, 0.15) is 6.10 Å². The van der Waals surface area contributed by atoms with Crippen molar-refractivity contribution in [2.24, 2.45) is 11.8 Å². The number of fused-ring (bicyclic) bond motifs is 1. The van der Waals surface area contributed by atoms with Crippen LogP contribution in [-0.2, 0) is 4.74 Å². The van der Waals surface area contributed by atoms with Crippen molar-refractivity contribution < 1.29 is 14.5 Å². The minimum atomic E-state index is -0.497. The minimum absolute atomic E-state index is 0.0550. The van der Waals surface area contributed by atoms with Crippen LogP contribution in [-0.4, -0.2) is 53.2 Å². The molecule has 2 fully saturated rings. The van der Waals surface area contributed by atoms with E-state index in [1.54, 1.807) is 17.2 Å². The highest BCUT2D eigenvalue weighted by atomic mass is 16.6. The highest BCUT2D eigenvalue weighted by Crippen LogP contribution is 2.34. The van der Waals surface area contributed by atoms with Gasteiger partial charge in [-0.1, -0.05) is 6.92 Å². The molecular weight excluding hydrogens is 312 g/mol. The SMILES string of the molecule is CCC(C)OC(=O)N1CC2CN(c3ccc([N+](=O)[O-])nc3)CC2C1. The normalized spacial score (nSPS) is 23.9. The first-order valence-electron chi connectivity index (χ1n) is 8.29. The summed E-state index contributed by atoms with van der Waals surface area (Å²) >= 11 is 0. The van der Waals surface area contributed by atoms with Crippen LogP contribution < -0.4 is 4.90 Å². The summed E-state index contributed by atoms with van der Waals surface area (Å²) in [6.07, 6.45) is 2.09. The lowest BCUT2D eigenvalue weighted by atomic mass is 10.0. The van der Waals surface area contributed by atoms with Crippen LogP contribution in [0.3, 0.4) is 0 Å². The summed E-state index contributed by atoms with van der Waals surface area (Å²) in [6, 6.07) is 3.17. The summed E-state index contributed by atoms with van der Waals surface area (Å²) in [6.45, 7) is 6.97. The van der Waals surface area contributed by atoms with Crippen molar-refractivity contribution in [2.75, 3.05) is 31.1 Å². The molecule has 1 aromatic heterocycles. The van der Waals surface area contributed by atoms with Gasteiger partial charge in [0.25, 0.3) is 0 Å². The Morgan fingerprint density at radius 2 is 2.04 bits per heavy atom. The number of likely N-dealkylation sites (tertiary alicyclic amines) is 1. The number of nitrogens with zero attached hydrogens (tertiary/aromatic N) is 4. The number of nitro groups is 1. The molecule has 3 heterocycles. The van der Waals surface area contributed by atoms with Gasteiger partial charge in [-0.25, -0.2) is 4.79 Å². The van der Waals surface area contributed by atoms with Crippen LogP contribution >= 0.6 is 0 Å². The maximum Gasteiger partial charge on any atom is 0.410 e. The van der Waals surface area contributed by atoms with Crippen LogP contribution in [0.15, 0.2) is 18.3 Å². The van der Waals surface area contributed by atoms with Crippen LogP contribution in [0, 0.1) is 22.0 Å². The standard InChI is InChI=1S/C16H22N4O4/c1-3-11(2)24-16(21)19-9-12-7-18(8-13(12)10-19)14-4-5-15(17-6-14)20(22)23/h4-6,11-13H,3,7-10H2,1-2H3. The Morgan fingerprint density at radius 3 is 2.54 bits per heavy atom. The topological polar surface area (TPSA) is 88.8 Å². The van der Waals surface area contributed by atoms with E-state index in [4.69, 9.17) is 4.74 Å². The van der Waals surface area contributed by atoms with Gasteiger partial charge in [-0.2, -0.15) is 0 Å². The predicted molar refractivity (Wildman–Crippen MR) is 87.9 cm³/mol. The number of pyridine rings is 1. The lowest BCUT2D eigenvalue weighted by molar-refractivity contribution is -0.389. The predicted octanol–water partition coefficient (Wildman–Crippen LogP) is 2.29. The van der Waals surface area contributed by atoms with E-state index in [-0.39, 0.29) is 18.0 Å². The second kappa shape index (κ2) is 6.62.